The summed E-state index contributed by atoms with van der Waals surface area (Å²) in [6.45, 7) is 12.7. The third kappa shape index (κ3) is 5.57. The first-order valence-electron chi connectivity index (χ1n) is 13.0. The maximum Gasteiger partial charge on any atom is 0.251 e. The molecule has 5 rings (SSSR count). The van der Waals surface area contributed by atoms with Crippen LogP contribution >= 0.6 is 11.3 Å². The molecule has 0 aromatic carbocycles. The molecule has 1 saturated heterocycles. The number of hydrogen-bond donors (Lipinski definition) is 1. The van der Waals surface area contributed by atoms with E-state index in [-0.39, 0.29) is 17.4 Å². The van der Waals surface area contributed by atoms with Crippen LogP contribution in [-0.4, -0.2) is 75.9 Å². The summed E-state index contributed by atoms with van der Waals surface area (Å²) >= 11 is 1.63. The van der Waals surface area contributed by atoms with E-state index < -0.39 is 0 Å². The fraction of sp³-hybridized carbons (Fsp3) is 0.429. The van der Waals surface area contributed by atoms with Crippen molar-refractivity contribution in [3.8, 4) is 27.7 Å². The van der Waals surface area contributed by atoms with Crippen LogP contribution in [0.3, 0.4) is 0 Å². The molecule has 0 saturated carbocycles. The number of hydrogen-bond acceptors (Lipinski definition) is 8. The first-order valence-corrected chi connectivity index (χ1v) is 13.9. The minimum atomic E-state index is -0.167. The molecular formula is C28H34N6O3S. The molecule has 1 atom stereocenters. The van der Waals surface area contributed by atoms with Crippen LogP contribution in [0, 0.1) is 5.41 Å². The van der Waals surface area contributed by atoms with E-state index in [1.54, 1.807) is 34.2 Å². The number of likely N-dealkylation sites (N-methyl/N-ethyl adjacent to an activating group) is 1. The second kappa shape index (κ2) is 11.2. The number of rotatable bonds is 11. The molecule has 1 unspecified atom stereocenters. The molecular weight excluding hydrogens is 500 g/mol. The Labute approximate surface area is 226 Å². The van der Waals surface area contributed by atoms with Gasteiger partial charge in [0.1, 0.15) is 0 Å². The summed E-state index contributed by atoms with van der Waals surface area (Å²) in [6, 6.07) is 9.71. The van der Waals surface area contributed by atoms with Gasteiger partial charge in [0, 0.05) is 35.8 Å². The maximum absolute atomic E-state index is 13.3. The molecule has 1 fully saturated rings. The molecule has 1 aliphatic rings. The standard InChI is InChI=1S/C28H34N6O3S/c1-5-33(6-2)19(3)14-29-27(35)20-12-23(31-25(13-20)37-18-28(4)16-36-17-28)21-15-30-34-10-9-22(32-26(21)34)24-8-7-11-38-24/h7-13,15,19H,5-6,14,16-18H2,1-4H3,(H,29,35). The van der Waals surface area contributed by atoms with Gasteiger partial charge in [-0.25, -0.2) is 14.5 Å². The molecule has 0 bridgehead atoms. The van der Waals surface area contributed by atoms with Crippen molar-refractivity contribution >= 4 is 22.9 Å². The number of fused-ring (bicyclic) bond motifs is 1. The van der Waals surface area contributed by atoms with Crippen molar-refractivity contribution in [2.45, 2.75) is 33.7 Å². The van der Waals surface area contributed by atoms with Gasteiger partial charge in [-0.1, -0.05) is 26.8 Å². The molecule has 10 heteroatoms. The molecule has 200 valence electrons. The second-order valence-corrected chi connectivity index (χ2v) is 11.0. The van der Waals surface area contributed by atoms with Crippen molar-refractivity contribution in [2.75, 3.05) is 39.5 Å². The first kappa shape index (κ1) is 26.3. The molecule has 4 aromatic heterocycles. The van der Waals surface area contributed by atoms with E-state index in [0.29, 0.717) is 49.1 Å². The normalized spacial score (nSPS) is 15.4. The van der Waals surface area contributed by atoms with Crippen molar-refractivity contribution in [3.05, 3.63) is 53.7 Å². The SMILES string of the molecule is CCN(CC)C(C)CNC(=O)c1cc(OCC2(C)COC2)nc(-c2cnn3ccc(-c4cccs4)nc23)c1. The van der Waals surface area contributed by atoms with Gasteiger partial charge in [0.15, 0.2) is 5.65 Å². The van der Waals surface area contributed by atoms with E-state index in [1.165, 1.54) is 0 Å². The van der Waals surface area contributed by atoms with Crippen LogP contribution in [0.1, 0.15) is 38.1 Å². The number of thiophene rings is 1. The summed E-state index contributed by atoms with van der Waals surface area (Å²) < 4.78 is 13.2. The largest absolute Gasteiger partial charge is 0.477 e. The number of pyridine rings is 1. The van der Waals surface area contributed by atoms with Gasteiger partial charge < -0.3 is 14.8 Å². The van der Waals surface area contributed by atoms with Crippen molar-refractivity contribution in [3.63, 3.8) is 0 Å². The summed E-state index contributed by atoms with van der Waals surface area (Å²) in [7, 11) is 0. The topological polar surface area (TPSA) is 93.9 Å². The van der Waals surface area contributed by atoms with Gasteiger partial charge in [-0.2, -0.15) is 5.10 Å². The summed E-state index contributed by atoms with van der Waals surface area (Å²) in [5, 5.41) is 9.60. The van der Waals surface area contributed by atoms with Crippen LogP contribution in [0.15, 0.2) is 48.1 Å². The fourth-order valence-corrected chi connectivity index (χ4v) is 5.26. The van der Waals surface area contributed by atoms with Crippen LogP contribution in [0.5, 0.6) is 5.88 Å². The predicted octanol–water partition coefficient (Wildman–Crippen LogP) is 4.40. The van der Waals surface area contributed by atoms with E-state index in [2.05, 4.69) is 43.0 Å². The Morgan fingerprint density at radius 1 is 1.24 bits per heavy atom. The number of nitrogens with one attached hydrogen (secondary N) is 1. The summed E-state index contributed by atoms with van der Waals surface area (Å²) in [5.41, 5.74) is 3.29. The molecule has 5 heterocycles. The smallest absolute Gasteiger partial charge is 0.251 e. The van der Waals surface area contributed by atoms with Crippen LogP contribution in [0.25, 0.3) is 27.5 Å². The van der Waals surface area contributed by atoms with Crippen molar-refractivity contribution in [1.82, 2.24) is 29.8 Å². The van der Waals surface area contributed by atoms with E-state index in [0.717, 1.165) is 29.2 Å². The zero-order valence-electron chi connectivity index (χ0n) is 22.3. The van der Waals surface area contributed by atoms with Crippen molar-refractivity contribution in [1.29, 1.82) is 0 Å². The highest BCUT2D eigenvalue weighted by molar-refractivity contribution is 7.13. The first-order chi connectivity index (χ1) is 18.4. The van der Waals surface area contributed by atoms with Gasteiger partial charge in [0.25, 0.3) is 5.91 Å². The number of nitrogens with zero attached hydrogens (tertiary/aromatic N) is 5. The van der Waals surface area contributed by atoms with Crippen LogP contribution in [0.2, 0.25) is 0 Å². The van der Waals surface area contributed by atoms with E-state index in [1.807, 2.05) is 29.8 Å². The summed E-state index contributed by atoms with van der Waals surface area (Å²) in [6.07, 6.45) is 3.62. The van der Waals surface area contributed by atoms with E-state index in [9.17, 15) is 4.79 Å². The quantitative estimate of drug-likeness (QED) is 0.305. The average Bonchev–Trinajstić information content (AvgIpc) is 3.60. The van der Waals surface area contributed by atoms with Gasteiger partial charge in [0.05, 0.1) is 47.8 Å². The molecule has 1 amide bonds. The van der Waals surface area contributed by atoms with Crippen LogP contribution in [-0.2, 0) is 4.74 Å². The Morgan fingerprint density at radius 2 is 2.05 bits per heavy atom. The van der Waals surface area contributed by atoms with Crippen molar-refractivity contribution < 1.29 is 14.3 Å². The van der Waals surface area contributed by atoms with Gasteiger partial charge in [-0.3, -0.25) is 9.69 Å². The summed E-state index contributed by atoms with van der Waals surface area (Å²) in [5.74, 6) is 0.228. The lowest BCUT2D eigenvalue weighted by molar-refractivity contribution is -0.120. The lowest BCUT2D eigenvalue weighted by atomic mass is 9.90. The average molecular weight is 535 g/mol. The monoisotopic (exact) mass is 534 g/mol. The lowest BCUT2D eigenvalue weighted by Crippen LogP contribution is -2.44. The van der Waals surface area contributed by atoms with Gasteiger partial charge in [-0.05, 0) is 43.6 Å². The van der Waals surface area contributed by atoms with Gasteiger partial charge in [-0.15, -0.1) is 11.3 Å². The Hall–Kier alpha value is -3.34. The van der Waals surface area contributed by atoms with Crippen molar-refractivity contribution in [2.24, 2.45) is 5.41 Å². The highest BCUT2D eigenvalue weighted by atomic mass is 32.1. The van der Waals surface area contributed by atoms with E-state index >= 15 is 0 Å². The van der Waals surface area contributed by atoms with Gasteiger partial charge >= 0.3 is 0 Å². The molecule has 1 N–H and O–H groups in total. The molecule has 0 radical (unpaired) electrons. The maximum atomic E-state index is 13.3. The molecule has 4 aromatic rings. The molecule has 38 heavy (non-hydrogen) atoms. The molecule has 0 spiro atoms. The zero-order chi connectivity index (χ0) is 26.7. The van der Waals surface area contributed by atoms with Crippen LogP contribution < -0.4 is 10.1 Å². The number of ether oxygens (including phenoxy) is 2. The highest BCUT2D eigenvalue weighted by Gasteiger charge is 2.34. The Balaban J connectivity index is 1.47. The van der Waals surface area contributed by atoms with E-state index in [4.69, 9.17) is 19.4 Å². The Morgan fingerprint density at radius 3 is 2.74 bits per heavy atom. The summed E-state index contributed by atoms with van der Waals surface area (Å²) in [4.78, 5) is 26.3. The third-order valence-electron chi connectivity index (χ3n) is 6.95. The number of aromatic nitrogens is 4. The minimum Gasteiger partial charge on any atom is -0.477 e. The Kier molecular flexibility index (Phi) is 7.73. The minimum absolute atomic E-state index is 0.0547. The molecule has 0 aliphatic carbocycles. The molecule has 9 nitrogen and oxygen atoms in total. The fourth-order valence-electron chi connectivity index (χ4n) is 4.56. The zero-order valence-corrected chi connectivity index (χ0v) is 23.1. The number of carbonyl (C=O) groups is 1. The van der Waals surface area contributed by atoms with Gasteiger partial charge in [0.2, 0.25) is 5.88 Å². The highest BCUT2D eigenvalue weighted by Crippen LogP contribution is 2.31. The number of carbonyl (C=O) groups excluding carboxylic acids is 1. The van der Waals surface area contributed by atoms with Crippen LogP contribution in [0.4, 0.5) is 0 Å². The Bertz CT molecular complexity index is 1400. The lowest BCUT2D eigenvalue weighted by Gasteiger charge is -2.37. The third-order valence-corrected chi connectivity index (χ3v) is 7.84. The predicted molar refractivity (Wildman–Crippen MR) is 149 cm³/mol. The second-order valence-electron chi connectivity index (χ2n) is 10.1. The molecule has 1 aliphatic heterocycles. The number of amides is 1.